The van der Waals surface area contributed by atoms with Crippen molar-refractivity contribution in [2.75, 3.05) is 19.8 Å². The van der Waals surface area contributed by atoms with Crippen molar-refractivity contribution >= 4 is 27.7 Å². The molecule has 0 fully saturated rings. The molecule has 0 radical (unpaired) electrons. The SMILES string of the molecule is CC(C)(C)OC(=O)CCCOc1ccc(C(=O)c2ccc(Oc3ccc(S(=O)(=O)c4ccc(OCCNC(=O)OC(C)(C)C)cc4)cc3)cc2)cc1. The van der Waals surface area contributed by atoms with Gasteiger partial charge in [0.1, 0.15) is 40.8 Å². The lowest BCUT2D eigenvalue weighted by molar-refractivity contribution is -0.155. The van der Waals surface area contributed by atoms with Gasteiger partial charge < -0.3 is 29.0 Å². The fourth-order valence-electron chi connectivity index (χ4n) is 4.65. The van der Waals surface area contributed by atoms with Crippen LogP contribution in [0.2, 0.25) is 0 Å². The van der Waals surface area contributed by atoms with E-state index in [1.165, 1.54) is 24.3 Å². The molecule has 0 aliphatic carbocycles. The Kier molecular flexibility index (Phi) is 13.1. The maximum atomic E-state index is 13.2. The molecule has 0 aromatic heterocycles. The van der Waals surface area contributed by atoms with E-state index in [2.05, 4.69) is 5.32 Å². The topological polar surface area (TPSA) is 144 Å². The summed E-state index contributed by atoms with van der Waals surface area (Å²) in [5.41, 5.74) is -0.164. The van der Waals surface area contributed by atoms with Crippen LogP contribution in [-0.2, 0) is 24.1 Å². The van der Waals surface area contributed by atoms with Crippen LogP contribution in [-0.4, -0.2) is 57.2 Å². The van der Waals surface area contributed by atoms with Gasteiger partial charge in [0.2, 0.25) is 9.84 Å². The first-order valence-electron chi connectivity index (χ1n) is 16.8. The summed E-state index contributed by atoms with van der Waals surface area (Å²) >= 11 is 0. The normalized spacial score (nSPS) is 11.7. The van der Waals surface area contributed by atoms with Crippen molar-refractivity contribution in [3.63, 3.8) is 0 Å². The summed E-state index contributed by atoms with van der Waals surface area (Å²) in [6.45, 7) is 11.5. The zero-order valence-electron chi connectivity index (χ0n) is 30.3. The minimum absolute atomic E-state index is 0.0910. The van der Waals surface area contributed by atoms with Crippen LogP contribution >= 0.6 is 0 Å². The monoisotopic (exact) mass is 731 g/mol. The number of hydrogen-bond donors (Lipinski definition) is 1. The van der Waals surface area contributed by atoms with Crippen LogP contribution in [0, 0.1) is 0 Å². The van der Waals surface area contributed by atoms with Crippen molar-refractivity contribution in [1.29, 1.82) is 0 Å². The number of amides is 1. The van der Waals surface area contributed by atoms with Gasteiger partial charge in [0.25, 0.3) is 0 Å². The molecule has 0 aliphatic heterocycles. The highest BCUT2D eigenvalue weighted by Crippen LogP contribution is 2.28. The molecule has 0 saturated carbocycles. The average Bonchev–Trinajstić information content (AvgIpc) is 3.08. The Hall–Kier alpha value is -5.36. The number of benzene rings is 4. The van der Waals surface area contributed by atoms with Crippen LogP contribution < -0.4 is 19.5 Å². The van der Waals surface area contributed by atoms with Crippen LogP contribution in [0.3, 0.4) is 0 Å². The number of hydrogen-bond acceptors (Lipinski definition) is 10. The van der Waals surface area contributed by atoms with E-state index in [1.54, 1.807) is 93.6 Å². The third kappa shape index (κ3) is 12.4. The first-order chi connectivity index (χ1) is 24.5. The summed E-state index contributed by atoms with van der Waals surface area (Å²) in [4.78, 5) is 36.8. The van der Waals surface area contributed by atoms with E-state index in [0.717, 1.165) is 0 Å². The summed E-state index contributed by atoms with van der Waals surface area (Å²) in [7, 11) is -3.81. The highest BCUT2D eigenvalue weighted by Gasteiger charge is 2.19. The van der Waals surface area contributed by atoms with E-state index in [0.29, 0.717) is 47.2 Å². The first kappa shape index (κ1) is 39.4. The highest BCUT2D eigenvalue weighted by atomic mass is 32.2. The van der Waals surface area contributed by atoms with Crippen molar-refractivity contribution < 1.29 is 46.5 Å². The van der Waals surface area contributed by atoms with Crippen molar-refractivity contribution in [2.24, 2.45) is 0 Å². The Bertz CT molecular complexity index is 1910. The van der Waals surface area contributed by atoms with Crippen LogP contribution in [0.5, 0.6) is 23.0 Å². The van der Waals surface area contributed by atoms with E-state index < -0.39 is 27.1 Å². The van der Waals surface area contributed by atoms with Gasteiger partial charge in [-0.1, -0.05) is 0 Å². The van der Waals surface area contributed by atoms with Crippen molar-refractivity contribution in [2.45, 2.75) is 75.4 Å². The fraction of sp³-hybridized carbons (Fsp3) is 0.325. The molecule has 11 nitrogen and oxygen atoms in total. The lowest BCUT2D eigenvalue weighted by Gasteiger charge is -2.19. The van der Waals surface area contributed by atoms with E-state index in [4.69, 9.17) is 23.7 Å². The Morgan fingerprint density at radius 3 is 1.48 bits per heavy atom. The summed E-state index contributed by atoms with van der Waals surface area (Å²) in [5.74, 6) is 1.49. The van der Waals surface area contributed by atoms with Crippen molar-refractivity contribution in [3.05, 3.63) is 108 Å². The Morgan fingerprint density at radius 1 is 0.577 bits per heavy atom. The summed E-state index contributed by atoms with van der Waals surface area (Å²) in [5, 5.41) is 2.59. The molecule has 1 amide bonds. The first-order valence-corrected chi connectivity index (χ1v) is 18.3. The lowest BCUT2D eigenvalue weighted by atomic mass is 10.0. The molecule has 0 bridgehead atoms. The van der Waals surface area contributed by atoms with Gasteiger partial charge in [-0.15, -0.1) is 0 Å². The number of ketones is 1. The molecule has 0 unspecified atom stereocenters. The van der Waals surface area contributed by atoms with Crippen molar-refractivity contribution in [3.8, 4) is 23.0 Å². The standard InChI is InChI=1S/C40H45NO10S/c1-39(2,3)50-36(42)8-7-26-47-30-13-9-28(10-14-30)37(43)29-11-15-32(16-12-29)49-33-19-23-35(24-20-33)52(45,46)34-21-17-31(18-22-34)48-27-25-41-38(44)51-40(4,5)6/h9-24H,7-8,25-27H2,1-6H3,(H,41,44). The van der Waals surface area contributed by atoms with Gasteiger partial charge in [0.05, 0.1) is 22.9 Å². The number of carbonyl (C=O) groups excluding carboxylic acids is 3. The molecule has 1 N–H and O–H groups in total. The lowest BCUT2D eigenvalue weighted by Crippen LogP contribution is -2.34. The molecule has 276 valence electrons. The zero-order valence-corrected chi connectivity index (χ0v) is 31.1. The van der Waals surface area contributed by atoms with Crippen LogP contribution in [0.1, 0.15) is 70.3 Å². The van der Waals surface area contributed by atoms with E-state index in [1.807, 2.05) is 20.8 Å². The van der Waals surface area contributed by atoms with Gasteiger partial charge in [-0.05, 0) is 145 Å². The Balaban J connectivity index is 1.25. The van der Waals surface area contributed by atoms with E-state index >= 15 is 0 Å². The van der Waals surface area contributed by atoms with Gasteiger partial charge in [-0.25, -0.2) is 13.2 Å². The summed E-state index contributed by atoms with van der Waals surface area (Å²) < 4.78 is 54.1. The average molecular weight is 732 g/mol. The van der Waals surface area contributed by atoms with Gasteiger partial charge in [0.15, 0.2) is 5.78 Å². The van der Waals surface area contributed by atoms with Crippen LogP contribution in [0.25, 0.3) is 0 Å². The van der Waals surface area contributed by atoms with E-state index in [-0.39, 0.29) is 41.1 Å². The molecule has 52 heavy (non-hydrogen) atoms. The number of nitrogens with one attached hydrogen (secondary N) is 1. The van der Waals surface area contributed by atoms with Gasteiger partial charge >= 0.3 is 12.1 Å². The van der Waals surface area contributed by atoms with E-state index in [9.17, 15) is 22.8 Å². The maximum Gasteiger partial charge on any atom is 0.407 e. The van der Waals surface area contributed by atoms with Gasteiger partial charge in [0, 0.05) is 17.5 Å². The fourth-order valence-corrected chi connectivity index (χ4v) is 5.91. The second-order valence-corrected chi connectivity index (χ2v) is 15.7. The number of sulfone groups is 1. The summed E-state index contributed by atoms with van der Waals surface area (Å²) in [6, 6.07) is 25.5. The zero-order chi connectivity index (χ0) is 37.9. The van der Waals surface area contributed by atoms with Crippen LogP contribution in [0.4, 0.5) is 4.79 Å². The Labute approximate surface area is 305 Å². The molecule has 0 atom stereocenters. The minimum atomic E-state index is -3.81. The second-order valence-electron chi connectivity index (χ2n) is 13.7. The number of ether oxygens (including phenoxy) is 5. The summed E-state index contributed by atoms with van der Waals surface area (Å²) in [6.07, 6.45) is 0.226. The molecule has 12 heteroatoms. The molecule has 4 rings (SSSR count). The third-order valence-corrected chi connectivity index (χ3v) is 8.78. The Morgan fingerprint density at radius 2 is 1.00 bits per heavy atom. The van der Waals surface area contributed by atoms with Gasteiger partial charge in [-0.2, -0.15) is 0 Å². The van der Waals surface area contributed by atoms with Gasteiger partial charge in [-0.3, -0.25) is 9.59 Å². The number of rotatable bonds is 15. The number of carbonyl (C=O) groups is 3. The number of alkyl carbamates (subject to hydrolysis) is 1. The van der Waals surface area contributed by atoms with Crippen molar-refractivity contribution in [1.82, 2.24) is 5.32 Å². The number of esters is 1. The van der Waals surface area contributed by atoms with Crippen LogP contribution in [0.15, 0.2) is 107 Å². The molecule has 0 saturated heterocycles. The smallest absolute Gasteiger partial charge is 0.407 e. The molecule has 0 aliphatic rings. The third-order valence-electron chi connectivity index (χ3n) is 6.99. The predicted octanol–water partition coefficient (Wildman–Crippen LogP) is 7.95. The molecular weight excluding hydrogens is 687 g/mol. The quantitative estimate of drug-likeness (QED) is 0.0727. The molecule has 4 aromatic rings. The molecule has 0 spiro atoms. The largest absolute Gasteiger partial charge is 0.494 e. The highest BCUT2D eigenvalue weighted by molar-refractivity contribution is 7.91. The molecular formula is C40H45NO10S. The molecule has 4 aromatic carbocycles. The molecule has 0 heterocycles. The predicted molar refractivity (Wildman–Crippen MR) is 195 cm³/mol. The maximum absolute atomic E-state index is 13.2. The second kappa shape index (κ2) is 17.2. The minimum Gasteiger partial charge on any atom is -0.494 e.